The second kappa shape index (κ2) is 11.8. The Bertz CT molecular complexity index is 1810. The maximum absolute atomic E-state index is 14.8. The minimum Gasteiger partial charge on any atom is -0.378 e. The van der Waals surface area contributed by atoms with E-state index in [0.717, 1.165) is 17.2 Å². The summed E-state index contributed by atoms with van der Waals surface area (Å²) < 4.78 is 63.4. The van der Waals surface area contributed by atoms with E-state index in [1.165, 1.54) is 28.9 Å². The first-order valence-corrected chi connectivity index (χ1v) is 14.1. The number of carbonyl (C=O) groups excluding carboxylic acids is 1. The molecule has 1 aliphatic heterocycles. The molecule has 5 nitrogen and oxygen atoms in total. The van der Waals surface area contributed by atoms with E-state index in [4.69, 9.17) is 16.3 Å². The van der Waals surface area contributed by atoms with Gasteiger partial charge >= 0.3 is 6.18 Å². The fraction of sp³-hybridized carbons (Fsp3) is 0.212. The average molecular weight is 608 g/mol. The highest BCUT2D eigenvalue weighted by atomic mass is 35.5. The zero-order chi connectivity index (χ0) is 30.1. The number of hydrogen-bond acceptors (Lipinski definition) is 3. The van der Waals surface area contributed by atoms with Crippen LogP contribution >= 0.6 is 11.6 Å². The van der Waals surface area contributed by atoms with E-state index >= 15 is 0 Å². The van der Waals surface area contributed by atoms with Crippen LogP contribution in [0.15, 0.2) is 84.9 Å². The van der Waals surface area contributed by atoms with E-state index in [0.29, 0.717) is 54.9 Å². The van der Waals surface area contributed by atoms with Gasteiger partial charge in [0.2, 0.25) is 0 Å². The molecule has 1 saturated heterocycles. The largest absolute Gasteiger partial charge is 0.418 e. The number of ether oxygens (including phenoxy) is 1. The summed E-state index contributed by atoms with van der Waals surface area (Å²) in [6.45, 7) is 2.02. The van der Waals surface area contributed by atoms with Gasteiger partial charge in [0.15, 0.2) is 0 Å². The molecule has 0 N–H and O–H groups in total. The van der Waals surface area contributed by atoms with Crippen molar-refractivity contribution in [3.05, 3.63) is 124 Å². The monoisotopic (exact) mass is 607 g/mol. The quantitative estimate of drug-likeness (QED) is 0.187. The van der Waals surface area contributed by atoms with Gasteiger partial charge in [-0.3, -0.25) is 9.48 Å². The van der Waals surface area contributed by atoms with Crippen LogP contribution in [0.3, 0.4) is 0 Å². The van der Waals surface area contributed by atoms with Crippen LogP contribution in [-0.4, -0.2) is 46.9 Å². The summed E-state index contributed by atoms with van der Waals surface area (Å²) in [5, 5.41) is 4.87. The first-order valence-electron chi connectivity index (χ1n) is 13.7. The van der Waals surface area contributed by atoms with Gasteiger partial charge in [-0.25, -0.2) is 4.39 Å². The summed E-state index contributed by atoms with van der Waals surface area (Å²) in [6.07, 6.45) is -4.13. The molecular formula is C33H26ClF4N3O2. The molecule has 220 valence electrons. The Morgan fingerprint density at radius 1 is 0.907 bits per heavy atom. The van der Waals surface area contributed by atoms with Crippen LogP contribution < -0.4 is 0 Å². The molecule has 5 aromatic rings. The summed E-state index contributed by atoms with van der Waals surface area (Å²) in [5.41, 5.74) is 2.63. The lowest BCUT2D eigenvalue weighted by Gasteiger charge is -2.27. The van der Waals surface area contributed by atoms with Gasteiger partial charge in [0, 0.05) is 40.2 Å². The van der Waals surface area contributed by atoms with Crippen molar-refractivity contribution in [2.45, 2.75) is 19.1 Å². The zero-order valence-corrected chi connectivity index (χ0v) is 23.6. The van der Waals surface area contributed by atoms with E-state index in [1.807, 2.05) is 36.4 Å². The fourth-order valence-corrected chi connectivity index (χ4v) is 5.60. The summed E-state index contributed by atoms with van der Waals surface area (Å²) >= 11 is 5.92. The van der Waals surface area contributed by atoms with Crippen molar-refractivity contribution in [3.8, 4) is 11.3 Å². The maximum atomic E-state index is 14.8. The van der Waals surface area contributed by atoms with E-state index in [1.54, 1.807) is 23.1 Å². The van der Waals surface area contributed by atoms with E-state index < -0.39 is 17.6 Å². The Morgan fingerprint density at radius 2 is 1.63 bits per heavy atom. The highest BCUT2D eigenvalue weighted by Gasteiger charge is 2.34. The molecule has 0 spiro atoms. The molecule has 1 amide bonds. The van der Waals surface area contributed by atoms with E-state index in [9.17, 15) is 22.4 Å². The van der Waals surface area contributed by atoms with Crippen LogP contribution in [0, 0.1) is 5.82 Å². The van der Waals surface area contributed by atoms with Gasteiger partial charge in [-0.15, -0.1) is 0 Å². The van der Waals surface area contributed by atoms with Crippen molar-refractivity contribution >= 4 is 28.4 Å². The molecule has 0 aliphatic carbocycles. The SMILES string of the molecule is O=C(c1cccc(Cc2cccc(-c3c4cccc(C(F)(F)F)c4nn3Cc3ccc(Cl)cc3F)c2)c1)N1CCOCC1. The second-order valence-electron chi connectivity index (χ2n) is 10.4. The second-order valence-corrected chi connectivity index (χ2v) is 10.9. The molecule has 4 aromatic carbocycles. The van der Waals surface area contributed by atoms with Gasteiger partial charge in [-0.1, -0.05) is 60.1 Å². The molecule has 0 saturated carbocycles. The molecule has 43 heavy (non-hydrogen) atoms. The number of rotatable bonds is 6. The van der Waals surface area contributed by atoms with Crippen molar-refractivity contribution in [1.29, 1.82) is 0 Å². The summed E-state index contributed by atoms with van der Waals surface area (Å²) in [6, 6.07) is 23.0. The fourth-order valence-electron chi connectivity index (χ4n) is 5.44. The normalized spacial score (nSPS) is 13.9. The van der Waals surface area contributed by atoms with E-state index in [2.05, 4.69) is 5.10 Å². The lowest BCUT2D eigenvalue weighted by atomic mass is 9.98. The summed E-state index contributed by atoms with van der Waals surface area (Å²) in [5.74, 6) is -0.626. The Hall–Kier alpha value is -4.21. The maximum Gasteiger partial charge on any atom is 0.418 e. The summed E-state index contributed by atoms with van der Waals surface area (Å²) in [4.78, 5) is 14.8. The van der Waals surface area contributed by atoms with Gasteiger partial charge in [0.05, 0.1) is 31.0 Å². The number of halogens is 5. The van der Waals surface area contributed by atoms with Crippen LogP contribution in [0.4, 0.5) is 17.6 Å². The molecule has 1 aliphatic rings. The van der Waals surface area contributed by atoms with Crippen LogP contribution in [-0.2, 0) is 23.9 Å². The molecule has 6 rings (SSSR count). The van der Waals surface area contributed by atoms with Crippen LogP contribution in [0.1, 0.15) is 32.6 Å². The molecule has 1 aromatic heterocycles. The molecular weight excluding hydrogens is 582 g/mol. The van der Waals surface area contributed by atoms with Crippen LogP contribution in [0.2, 0.25) is 5.02 Å². The number of hydrogen-bond donors (Lipinski definition) is 0. The Balaban J connectivity index is 1.38. The van der Waals surface area contributed by atoms with Gasteiger partial charge in [-0.05, 0) is 53.9 Å². The highest BCUT2D eigenvalue weighted by molar-refractivity contribution is 6.30. The summed E-state index contributed by atoms with van der Waals surface area (Å²) in [7, 11) is 0. The third-order valence-electron chi connectivity index (χ3n) is 7.49. The third-order valence-corrected chi connectivity index (χ3v) is 7.73. The average Bonchev–Trinajstić information content (AvgIpc) is 3.36. The standard InChI is InChI=1S/C33H26ClF4N3O2/c34-26-11-10-25(29(35)19-26)20-41-31(27-8-3-9-28(30(27)39-41)33(36,37)38)23-6-1-4-21(17-23)16-22-5-2-7-24(18-22)32(42)40-12-14-43-15-13-40/h1-11,17-19H,12-16,20H2. The van der Waals surface area contributed by atoms with Crippen molar-refractivity contribution < 1.29 is 27.1 Å². The predicted molar refractivity (Wildman–Crippen MR) is 157 cm³/mol. The van der Waals surface area contributed by atoms with Crippen molar-refractivity contribution in [2.75, 3.05) is 26.3 Å². The van der Waals surface area contributed by atoms with Crippen LogP contribution in [0.25, 0.3) is 22.2 Å². The molecule has 10 heteroatoms. The van der Waals surface area contributed by atoms with E-state index in [-0.39, 0.29) is 28.6 Å². The smallest absolute Gasteiger partial charge is 0.378 e. The van der Waals surface area contributed by atoms with Crippen molar-refractivity contribution in [1.82, 2.24) is 14.7 Å². The number of fused-ring (bicyclic) bond motifs is 1. The molecule has 0 atom stereocenters. The Morgan fingerprint density at radius 3 is 2.37 bits per heavy atom. The number of amides is 1. The number of carbonyl (C=O) groups is 1. The predicted octanol–water partition coefficient (Wildman–Crippen LogP) is 7.63. The van der Waals surface area contributed by atoms with Crippen molar-refractivity contribution in [3.63, 3.8) is 0 Å². The van der Waals surface area contributed by atoms with Crippen LogP contribution in [0.5, 0.6) is 0 Å². The molecule has 2 heterocycles. The number of alkyl halides is 3. The lowest BCUT2D eigenvalue weighted by molar-refractivity contribution is -0.136. The first-order chi connectivity index (χ1) is 20.7. The molecule has 1 fully saturated rings. The zero-order valence-electron chi connectivity index (χ0n) is 22.9. The highest BCUT2D eigenvalue weighted by Crippen LogP contribution is 2.38. The lowest BCUT2D eigenvalue weighted by Crippen LogP contribution is -2.40. The van der Waals surface area contributed by atoms with Gasteiger partial charge in [0.25, 0.3) is 5.91 Å². The Kier molecular flexibility index (Phi) is 7.94. The molecule has 0 radical (unpaired) electrons. The third kappa shape index (κ3) is 6.14. The number of nitrogens with zero attached hydrogens (tertiary/aromatic N) is 3. The number of morpholine rings is 1. The topological polar surface area (TPSA) is 47.4 Å². The first kappa shape index (κ1) is 28.9. The minimum atomic E-state index is -4.62. The van der Waals surface area contributed by atoms with Gasteiger partial charge < -0.3 is 9.64 Å². The number of aromatic nitrogens is 2. The van der Waals surface area contributed by atoms with Crippen molar-refractivity contribution in [2.24, 2.45) is 0 Å². The van der Waals surface area contributed by atoms with Gasteiger partial charge in [0.1, 0.15) is 11.3 Å². The molecule has 0 unspecified atom stereocenters. The minimum absolute atomic E-state index is 0.0517. The Labute approximate surface area is 250 Å². The van der Waals surface area contributed by atoms with Gasteiger partial charge in [-0.2, -0.15) is 18.3 Å². The molecule has 0 bridgehead atoms. The number of benzene rings is 4.